The summed E-state index contributed by atoms with van der Waals surface area (Å²) in [6.45, 7) is 6.71. The fourth-order valence-corrected chi connectivity index (χ4v) is 2.46. The molecular formula is C15H22N4O2. The average Bonchev–Trinajstić information content (AvgIpc) is 2.73. The van der Waals surface area contributed by atoms with E-state index in [1.54, 1.807) is 0 Å². The lowest BCUT2D eigenvalue weighted by atomic mass is 10.1. The number of nitrogens with one attached hydrogen (secondary N) is 2. The number of benzene rings is 1. The normalized spacial score (nSPS) is 13.0. The van der Waals surface area contributed by atoms with Crippen LogP contribution in [-0.2, 0) is 16.0 Å². The third-order valence-electron chi connectivity index (χ3n) is 3.38. The topological polar surface area (TPSA) is 87.5 Å². The van der Waals surface area contributed by atoms with Crippen LogP contribution in [-0.4, -0.2) is 30.9 Å². The van der Waals surface area contributed by atoms with Crippen LogP contribution in [0, 0.1) is 0 Å². The fraction of sp³-hybridized carbons (Fsp3) is 0.467. The minimum atomic E-state index is -0.0456. The van der Waals surface area contributed by atoms with Crippen molar-refractivity contribution in [1.29, 1.82) is 0 Å². The Kier molecular flexibility index (Phi) is 4.35. The molecule has 0 spiro atoms. The predicted octanol–water partition coefficient (Wildman–Crippen LogP) is 1.11. The van der Waals surface area contributed by atoms with Gasteiger partial charge in [0.05, 0.1) is 24.3 Å². The van der Waals surface area contributed by atoms with E-state index in [0.29, 0.717) is 18.7 Å². The molecule has 0 saturated carbocycles. The lowest BCUT2D eigenvalue weighted by Crippen LogP contribution is -2.40. The summed E-state index contributed by atoms with van der Waals surface area (Å²) in [5, 5.41) is 5.67. The molecule has 0 aromatic heterocycles. The molecule has 0 atom stereocenters. The van der Waals surface area contributed by atoms with Gasteiger partial charge in [0.2, 0.25) is 11.8 Å². The molecule has 1 aliphatic rings. The number of rotatable bonds is 5. The molecule has 2 amide bonds. The number of amides is 2. The standard InChI is InChI=1S/C15H22N4O2/c1-4-19(8-15(21)17-9(2)3)13-7-12-10(5-11(13)16)6-14(20)18-12/h5,7,9H,4,6,8,16H2,1-3H3,(H,17,21)(H,18,20). The second kappa shape index (κ2) is 6.03. The van der Waals surface area contributed by atoms with Crippen molar-refractivity contribution < 1.29 is 9.59 Å². The van der Waals surface area contributed by atoms with Crippen LogP contribution in [0.15, 0.2) is 12.1 Å². The Balaban J connectivity index is 2.21. The van der Waals surface area contributed by atoms with Crippen molar-refractivity contribution in [1.82, 2.24) is 5.32 Å². The molecule has 1 aromatic rings. The molecule has 0 aliphatic carbocycles. The Labute approximate surface area is 124 Å². The maximum Gasteiger partial charge on any atom is 0.239 e. The van der Waals surface area contributed by atoms with Gasteiger partial charge in [-0.2, -0.15) is 0 Å². The zero-order chi connectivity index (χ0) is 15.6. The van der Waals surface area contributed by atoms with Crippen molar-refractivity contribution in [2.45, 2.75) is 33.2 Å². The Morgan fingerprint density at radius 1 is 1.48 bits per heavy atom. The predicted molar refractivity (Wildman–Crippen MR) is 84.4 cm³/mol. The number of hydrogen-bond acceptors (Lipinski definition) is 4. The number of nitrogens with zero attached hydrogens (tertiary/aromatic N) is 1. The van der Waals surface area contributed by atoms with Crippen molar-refractivity contribution in [3.8, 4) is 0 Å². The zero-order valence-corrected chi connectivity index (χ0v) is 12.7. The van der Waals surface area contributed by atoms with Gasteiger partial charge in [0.1, 0.15) is 0 Å². The molecule has 114 valence electrons. The van der Waals surface area contributed by atoms with Crippen LogP contribution in [0.2, 0.25) is 0 Å². The summed E-state index contributed by atoms with van der Waals surface area (Å²) < 4.78 is 0. The molecule has 2 rings (SSSR count). The minimum absolute atomic E-state index is 0.0258. The largest absolute Gasteiger partial charge is 0.397 e. The number of hydrogen-bond donors (Lipinski definition) is 3. The second-order valence-corrected chi connectivity index (χ2v) is 5.53. The first-order valence-electron chi connectivity index (χ1n) is 7.17. The first-order chi connectivity index (χ1) is 9.90. The summed E-state index contributed by atoms with van der Waals surface area (Å²) in [5.74, 6) is -0.0714. The van der Waals surface area contributed by atoms with Gasteiger partial charge in [-0.3, -0.25) is 9.59 Å². The van der Waals surface area contributed by atoms with E-state index in [1.807, 2.05) is 37.8 Å². The molecule has 0 fully saturated rings. The molecule has 0 bridgehead atoms. The van der Waals surface area contributed by atoms with E-state index >= 15 is 0 Å². The van der Waals surface area contributed by atoms with Crippen molar-refractivity contribution >= 4 is 28.9 Å². The molecule has 21 heavy (non-hydrogen) atoms. The molecule has 1 aliphatic heterocycles. The number of likely N-dealkylation sites (N-methyl/N-ethyl adjacent to an activating group) is 1. The molecular weight excluding hydrogens is 268 g/mol. The van der Waals surface area contributed by atoms with Crippen LogP contribution in [0.5, 0.6) is 0 Å². The highest BCUT2D eigenvalue weighted by molar-refractivity contribution is 6.01. The summed E-state index contributed by atoms with van der Waals surface area (Å²) in [4.78, 5) is 25.3. The number of carbonyl (C=O) groups is 2. The van der Waals surface area contributed by atoms with Gasteiger partial charge in [-0.05, 0) is 38.5 Å². The third kappa shape index (κ3) is 3.45. The monoisotopic (exact) mass is 290 g/mol. The number of anilines is 3. The van der Waals surface area contributed by atoms with Crippen LogP contribution >= 0.6 is 0 Å². The number of carbonyl (C=O) groups excluding carboxylic acids is 2. The van der Waals surface area contributed by atoms with Crippen LogP contribution in [0.4, 0.5) is 17.1 Å². The molecule has 0 unspecified atom stereocenters. The van der Waals surface area contributed by atoms with Gasteiger partial charge in [0.25, 0.3) is 0 Å². The minimum Gasteiger partial charge on any atom is -0.397 e. The first kappa shape index (κ1) is 15.2. The zero-order valence-electron chi connectivity index (χ0n) is 12.7. The lowest BCUT2D eigenvalue weighted by molar-refractivity contribution is -0.120. The SMILES string of the molecule is CCN(CC(=O)NC(C)C)c1cc2c(cc1N)CC(=O)N2. The van der Waals surface area contributed by atoms with Gasteiger partial charge in [-0.25, -0.2) is 0 Å². The first-order valence-corrected chi connectivity index (χ1v) is 7.17. The van der Waals surface area contributed by atoms with Gasteiger partial charge in [0.15, 0.2) is 0 Å². The molecule has 1 heterocycles. The Morgan fingerprint density at radius 2 is 2.19 bits per heavy atom. The third-order valence-corrected chi connectivity index (χ3v) is 3.38. The average molecular weight is 290 g/mol. The quantitative estimate of drug-likeness (QED) is 0.709. The molecule has 0 saturated heterocycles. The highest BCUT2D eigenvalue weighted by Crippen LogP contribution is 2.33. The van der Waals surface area contributed by atoms with E-state index in [1.165, 1.54) is 0 Å². The van der Waals surface area contributed by atoms with Gasteiger partial charge in [0, 0.05) is 18.3 Å². The summed E-state index contributed by atoms with van der Waals surface area (Å²) >= 11 is 0. The highest BCUT2D eigenvalue weighted by Gasteiger charge is 2.21. The van der Waals surface area contributed by atoms with Crippen molar-refractivity contribution in [2.75, 3.05) is 29.0 Å². The van der Waals surface area contributed by atoms with Crippen LogP contribution < -0.4 is 21.3 Å². The molecule has 4 N–H and O–H groups in total. The molecule has 6 heteroatoms. The molecule has 6 nitrogen and oxygen atoms in total. The van der Waals surface area contributed by atoms with Crippen LogP contribution in [0.25, 0.3) is 0 Å². The van der Waals surface area contributed by atoms with E-state index in [2.05, 4.69) is 10.6 Å². The van der Waals surface area contributed by atoms with E-state index in [-0.39, 0.29) is 24.4 Å². The van der Waals surface area contributed by atoms with Crippen molar-refractivity contribution in [3.05, 3.63) is 17.7 Å². The summed E-state index contributed by atoms with van der Waals surface area (Å²) in [7, 11) is 0. The number of nitrogens with two attached hydrogens (primary N) is 1. The number of nitrogen functional groups attached to an aromatic ring is 1. The summed E-state index contributed by atoms with van der Waals surface area (Å²) in [6, 6.07) is 3.76. The van der Waals surface area contributed by atoms with Crippen LogP contribution in [0.3, 0.4) is 0 Å². The van der Waals surface area contributed by atoms with Crippen molar-refractivity contribution in [2.24, 2.45) is 0 Å². The van der Waals surface area contributed by atoms with Crippen LogP contribution in [0.1, 0.15) is 26.3 Å². The fourth-order valence-electron chi connectivity index (χ4n) is 2.46. The summed E-state index contributed by atoms with van der Waals surface area (Å²) in [5.41, 5.74) is 9.13. The molecule has 1 aromatic carbocycles. The maximum absolute atomic E-state index is 11.9. The van der Waals surface area contributed by atoms with Gasteiger partial charge >= 0.3 is 0 Å². The Morgan fingerprint density at radius 3 is 2.81 bits per heavy atom. The smallest absolute Gasteiger partial charge is 0.239 e. The summed E-state index contributed by atoms with van der Waals surface area (Å²) in [6.07, 6.45) is 0.361. The maximum atomic E-state index is 11.9. The van der Waals surface area contributed by atoms with E-state index < -0.39 is 0 Å². The Hall–Kier alpha value is -2.24. The second-order valence-electron chi connectivity index (χ2n) is 5.53. The lowest BCUT2D eigenvalue weighted by Gasteiger charge is -2.25. The molecule has 0 radical (unpaired) electrons. The van der Waals surface area contributed by atoms with Gasteiger partial charge in [-0.15, -0.1) is 0 Å². The van der Waals surface area contributed by atoms with E-state index in [0.717, 1.165) is 16.9 Å². The van der Waals surface area contributed by atoms with Crippen molar-refractivity contribution in [3.63, 3.8) is 0 Å². The van der Waals surface area contributed by atoms with E-state index in [9.17, 15) is 9.59 Å². The Bertz CT molecular complexity index is 569. The van der Waals surface area contributed by atoms with Gasteiger partial charge < -0.3 is 21.3 Å². The number of fused-ring (bicyclic) bond motifs is 1. The van der Waals surface area contributed by atoms with E-state index in [4.69, 9.17) is 5.73 Å². The highest BCUT2D eigenvalue weighted by atomic mass is 16.2. The van der Waals surface area contributed by atoms with Gasteiger partial charge in [-0.1, -0.05) is 0 Å².